The summed E-state index contributed by atoms with van der Waals surface area (Å²) in [5.74, 6) is -4.75. The first-order chi connectivity index (χ1) is 23.6. The molecule has 0 aliphatic heterocycles. The third-order valence-electron chi connectivity index (χ3n) is 10.0. The first kappa shape index (κ1) is 54.9. The van der Waals surface area contributed by atoms with E-state index in [1.807, 2.05) is 0 Å². The predicted octanol–water partition coefficient (Wildman–Crippen LogP) is 3.98. The molecule has 2 unspecified atom stereocenters. The van der Waals surface area contributed by atoms with Crippen LogP contribution >= 0.6 is 0 Å². The fraction of sp³-hybridized carbons (Fsp3) is 0.854. The zero-order valence-corrected chi connectivity index (χ0v) is 34.4. The van der Waals surface area contributed by atoms with E-state index in [4.69, 9.17) is 0 Å². The molecule has 0 saturated heterocycles. The zero-order chi connectivity index (χ0) is 36.5. The van der Waals surface area contributed by atoms with E-state index in [-0.39, 0.29) is 57.0 Å². The van der Waals surface area contributed by atoms with Crippen LogP contribution in [0, 0.1) is 5.92 Å². The summed E-state index contributed by atoms with van der Waals surface area (Å²) in [5.41, 5.74) is 0. The summed E-state index contributed by atoms with van der Waals surface area (Å²) in [4.78, 5) is 24.0. The SMILES string of the molecule is CCCCCCCC/C=C\CCCCCCCCC(CC(=O)[O-])C(CCCCCCCC/C=C\CCCCCCCC)(C(=O)[O-])S(=O)(=O)O.[Li+].[Li+]. The Morgan fingerprint density at radius 2 is 0.863 bits per heavy atom. The molecule has 0 aromatic carbocycles. The van der Waals surface area contributed by atoms with E-state index in [0.717, 1.165) is 83.5 Å². The molecular formula is C41H74Li2O7S. The number of carboxylic acid groups (broad SMARTS) is 2. The molecule has 0 rings (SSSR count). The Morgan fingerprint density at radius 1 is 0.549 bits per heavy atom. The Kier molecular flexibility index (Phi) is 40.7. The van der Waals surface area contributed by atoms with Gasteiger partial charge >= 0.3 is 37.7 Å². The van der Waals surface area contributed by atoms with Crippen LogP contribution in [-0.2, 0) is 19.7 Å². The minimum atomic E-state index is -5.13. The Bertz CT molecular complexity index is 971. The van der Waals surface area contributed by atoms with Crippen LogP contribution in [0.25, 0.3) is 0 Å². The molecule has 0 spiro atoms. The average molecular weight is 725 g/mol. The van der Waals surface area contributed by atoms with E-state index in [1.165, 1.54) is 77.0 Å². The smallest absolute Gasteiger partial charge is 0.550 e. The first-order valence-electron chi connectivity index (χ1n) is 20.3. The van der Waals surface area contributed by atoms with Crippen molar-refractivity contribution in [2.24, 2.45) is 5.92 Å². The minimum absolute atomic E-state index is 0. The molecule has 0 bridgehead atoms. The number of allylic oxidation sites excluding steroid dienone is 4. The van der Waals surface area contributed by atoms with E-state index >= 15 is 0 Å². The molecule has 51 heavy (non-hydrogen) atoms. The Labute approximate surface area is 338 Å². The summed E-state index contributed by atoms with van der Waals surface area (Å²) in [5, 5.41) is 24.0. The van der Waals surface area contributed by atoms with Gasteiger partial charge in [0.2, 0.25) is 0 Å². The van der Waals surface area contributed by atoms with Gasteiger partial charge in [-0.1, -0.05) is 167 Å². The number of hydrogen-bond acceptors (Lipinski definition) is 6. The second-order valence-corrected chi connectivity index (χ2v) is 16.0. The van der Waals surface area contributed by atoms with E-state index < -0.39 is 39.1 Å². The largest absolute Gasteiger partial charge is 1.00 e. The molecule has 0 radical (unpaired) electrons. The summed E-state index contributed by atoms with van der Waals surface area (Å²) >= 11 is 0. The molecule has 0 aromatic heterocycles. The number of carboxylic acids is 2. The summed E-state index contributed by atoms with van der Waals surface area (Å²) in [6.45, 7) is 4.46. The first-order valence-corrected chi connectivity index (χ1v) is 21.8. The fourth-order valence-electron chi connectivity index (χ4n) is 6.89. The molecular weight excluding hydrogens is 650 g/mol. The molecule has 288 valence electrons. The molecule has 1 N–H and O–H groups in total. The number of rotatable bonds is 37. The summed E-state index contributed by atoms with van der Waals surface area (Å²) in [6, 6.07) is 0. The third-order valence-corrected chi connectivity index (χ3v) is 11.6. The molecule has 0 aliphatic rings. The van der Waals surface area contributed by atoms with Crippen molar-refractivity contribution in [3.63, 3.8) is 0 Å². The summed E-state index contributed by atoms with van der Waals surface area (Å²) < 4.78 is 32.7. The van der Waals surface area contributed by atoms with Crippen LogP contribution < -0.4 is 47.9 Å². The molecule has 0 heterocycles. The van der Waals surface area contributed by atoms with Crippen LogP contribution in [0.5, 0.6) is 0 Å². The van der Waals surface area contributed by atoms with Gasteiger partial charge < -0.3 is 19.8 Å². The van der Waals surface area contributed by atoms with E-state index in [9.17, 15) is 32.8 Å². The zero-order valence-electron chi connectivity index (χ0n) is 33.6. The van der Waals surface area contributed by atoms with Gasteiger partial charge in [0.1, 0.15) is 4.75 Å². The van der Waals surface area contributed by atoms with Crippen molar-refractivity contribution in [1.29, 1.82) is 0 Å². The molecule has 0 aliphatic carbocycles. The van der Waals surface area contributed by atoms with E-state index in [1.54, 1.807) is 0 Å². The Morgan fingerprint density at radius 3 is 1.18 bits per heavy atom. The second-order valence-electron chi connectivity index (χ2n) is 14.3. The van der Waals surface area contributed by atoms with Gasteiger partial charge in [0.15, 0.2) is 0 Å². The van der Waals surface area contributed by atoms with Gasteiger partial charge in [-0.3, -0.25) is 4.55 Å². The molecule has 10 heteroatoms. The minimum Gasteiger partial charge on any atom is -0.550 e. The second kappa shape index (κ2) is 37.8. The molecule has 0 aromatic rings. The number of carbonyl (C=O) groups is 2. The Balaban J connectivity index is -0.0000115. The number of aliphatic carboxylic acids is 2. The van der Waals surface area contributed by atoms with Crippen molar-refractivity contribution in [2.45, 2.75) is 218 Å². The van der Waals surface area contributed by atoms with Crippen molar-refractivity contribution in [3.05, 3.63) is 24.3 Å². The van der Waals surface area contributed by atoms with Crippen molar-refractivity contribution < 1.29 is 70.5 Å². The molecule has 2 atom stereocenters. The topological polar surface area (TPSA) is 135 Å². The molecule has 7 nitrogen and oxygen atoms in total. The van der Waals surface area contributed by atoms with Gasteiger partial charge in [0.05, 0.1) is 5.97 Å². The quantitative estimate of drug-likeness (QED) is 0.0444. The fourth-order valence-corrected chi connectivity index (χ4v) is 8.13. The van der Waals surface area contributed by atoms with Gasteiger partial charge in [-0.05, 0) is 76.5 Å². The van der Waals surface area contributed by atoms with Crippen LogP contribution in [0.1, 0.15) is 213 Å². The normalized spacial score (nSPS) is 13.5. The maximum absolute atomic E-state index is 12.6. The summed E-state index contributed by atoms with van der Waals surface area (Å²) in [6.07, 6.45) is 38.1. The Hall–Kier alpha value is -0.475. The van der Waals surface area contributed by atoms with Gasteiger partial charge in [-0.2, -0.15) is 8.42 Å². The molecule has 0 saturated carbocycles. The monoisotopic (exact) mass is 725 g/mol. The maximum atomic E-state index is 12.6. The third kappa shape index (κ3) is 29.6. The van der Waals surface area contributed by atoms with Crippen molar-refractivity contribution in [1.82, 2.24) is 0 Å². The van der Waals surface area contributed by atoms with Crippen LogP contribution in [0.2, 0.25) is 0 Å². The maximum Gasteiger partial charge on any atom is 1.00 e. The van der Waals surface area contributed by atoms with Gasteiger partial charge in [0, 0.05) is 5.97 Å². The van der Waals surface area contributed by atoms with Crippen molar-refractivity contribution in [2.75, 3.05) is 0 Å². The number of unbranched alkanes of at least 4 members (excludes halogenated alkanes) is 24. The van der Waals surface area contributed by atoms with Crippen LogP contribution in [0.3, 0.4) is 0 Å². The van der Waals surface area contributed by atoms with Crippen molar-refractivity contribution in [3.8, 4) is 0 Å². The van der Waals surface area contributed by atoms with Crippen LogP contribution in [0.4, 0.5) is 0 Å². The standard InChI is InChI=1S/C41H76O7S.2Li/c1-3-5-7-9-11-13-15-17-19-21-23-25-27-29-31-33-35-38(37-39(42)43)41(40(44)45,49(46,47)48)36-34-32-30-28-26-24-22-20-18-16-14-12-10-8-6-4-2;;/h17-20,38H,3-16,21-37H2,1-2H3,(H,42,43)(H,44,45)(H,46,47,48);;/q;2*+1/p-2/b19-17-,20-18-;;. The summed E-state index contributed by atoms with van der Waals surface area (Å²) in [7, 11) is -5.13. The average Bonchev–Trinajstić information content (AvgIpc) is 3.04. The van der Waals surface area contributed by atoms with Crippen LogP contribution in [-0.4, -0.2) is 29.7 Å². The molecule has 0 amide bonds. The molecule has 0 fully saturated rings. The predicted molar refractivity (Wildman–Crippen MR) is 201 cm³/mol. The number of carbonyl (C=O) groups excluding carboxylic acids is 2. The van der Waals surface area contributed by atoms with E-state index in [2.05, 4.69) is 38.2 Å². The van der Waals surface area contributed by atoms with Gasteiger partial charge in [-0.25, -0.2) is 0 Å². The van der Waals surface area contributed by atoms with Crippen molar-refractivity contribution >= 4 is 22.1 Å². The number of hydrogen-bond donors (Lipinski definition) is 1. The van der Waals surface area contributed by atoms with Gasteiger partial charge in [0.25, 0.3) is 10.1 Å². The van der Waals surface area contributed by atoms with Gasteiger partial charge in [-0.15, -0.1) is 0 Å². The van der Waals surface area contributed by atoms with E-state index in [0.29, 0.717) is 12.8 Å². The van der Waals surface area contributed by atoms with Crippen LogP contribution in [0.15, 0.2) is 24.3 Å².